The van der Waals surface area contributed by atoms with Gasteiger partial charge in [-0.2, -0.15) is 0 Å². The standard InChI is InChI=1S/C15H29NO2/c1-5-9-16(11(3)4)14-10-12(6-2)7-8-13(14)15(17)18/h11-14H,5-10H2,1-4H3,(H,17,18). The lowest BCUT2D eigenvalue weighted by atomic mass is 9.76. The number of carboxylic acids is 1. The van der Waals surface area contributed by atoms with Gasteiger partial charge >= 0.3 is 5.97 Å². The summed E-state index contributed by atoms with van der Waals surface area (Å²) >= 11 is 0. The van der Waals surface area contributed by atoms with E-state index in [4.69, 9.17) is 0 Å². The van der Waals surface area contributed by atoms with E-state index in [2.05, 4.69) is 32.6 Å². The quantitative estimate of drug-likeness (QED) is 0.791. The normalized spacial score (nSPS) is 28.9. The molecule has 0 aliphatic heterocycles. The van der Waals surface area contributed by atoms with Crippen molar-refractivity contribution in [1.29, 1.82) is 0 Å². The Labute approximate surface area is 112 Å². The molecule has 106 valence electrons. The van der Waals surface area contributed by atoms with Gasteiger partial charge in [-0.3, -0.25) is 9.69 Å². The lowest BCUT2D eigenvalue weighted by Gasteiger charge is -2.43. The van der Waals surface area contributed by atoms with Crippen molar-refractivity contribution in [1.82, 2.24) is 4.90 Å². The highest BCUT2D eigenvalue weighted by Gasteiger charge is 2.38. The van der Waals surface area contributed by atoms with E-state index in [0.717, 1.165) is 32.2 Å². The number of carboxylic acid groups (broad SMARTS) is 1. The van der Waals surface area contributed by atoms with Gasteiger partial charge in [0.25, 0.3) is 0 Å². The van der Waals surface area contributed by atoms with E-state index in [1.54, 1.807) is 0 Å². The van der Waals surface area contributed by atoms with Gasteiger partial charge < -0.3 is 5.11 Å². The molecule has 0 radical (unpaired) electrons. The number of aliphatic carboxylic acids is 1. The van der Waals surface area contributed by atoms with Crippen molar-refractivity contribution < 1.29 is 9.90 Å². The van der Waals surface area contributed by atoms with Crippen LogP contribution >= 0.6 is 0 Å². The van der Waals surface area contributed by atoms with Crippen molar-refractivity contribution in [3.63, 3.8) is 0 Å². The van der Waals surface area contributed by atoms with Gasteiger partial charge in [0, 0.05) is 12.1 Å². The van der Waals surface area contributed by atoms with Gasteiger partial charge in [-0.15, -0.1) is 0 Å². The Bertz CT molecular complexity index is 265. The van der Waals surface area contributed by atoms with Gasteiger partial charge in [-0.25, -0.2) is 0 Å². The zero-order valence-electron chi connectivity index (χ0n) is 12.4. The first kappa shape index (κ1) is 15.5. The molecule has 0 aromatic heterocycles. The van der Waals surface area contributed by atoms with Crippen molar-refractivity contribution in [2.75, 3.05) is 6.54 Å². The Hall–Kier alpha value is -0.570. The van der Waals surface area contributed by atoms with Crippen LogP contribution in [0.3, 0.4) is 0 Å². The lowest BCUT2D eigenvalue weighted by Crippen LogP contribution is -2.50. The molecule has 3 heteroatoms. The summed E-state index contributed by atoms with van der Waals surface area (Å²) in [5, 5.41) is 9.44. The molecular formula is C15H29NO2. The Balaban J connectivity index is 2.84. The largest absolute Gasteiger partial charge is 0.481 e. The van der Waals surface area contributed by atoms with E-state index in [1.807, 2.05) is 0 Å². The number of hydrogen-bond acceptors (Lipinski definition) is 2. The number of hydrogen-bond donors (Lipinski definition) is 1. The monoisotopic (exact) mass is 255 g/mol. The zero-order valence-corrected chi connectivity index (χ0v) is 12.4. The Morgan fingerprint density at radius 1 is 1.33 bits per heavy atom. The van der Waals surface area contributed by atoms with Crippen LogP contribution in [0.15, 0.2) is 0 Å². The minimum absolute atomic E-state index is 0.165. The van der Waals surface area contributed by atoms with Gasteiger partial charge in [0.2, 0.25) is 0 Å². The molecule has 0 spiro atoms. The molecule has 0 saturated heterocycles. The molecule has 18 heavy (non-hydrogen) atoms. The molecule has 0 heterocycles. The van der Waals surface area contributed by atoms with Gasteiger partial charge in [0.1, 0.15) is 0 Å². The predicted octanol–water partition coefficient (Wildman–Crippen LogP) is 3.39. The third-order valence-electron chi connectivity index (χ3n) is 4.39. The van der Waals surface area contributed by atoms with Crippen LogP contribution < -0.4 is 0 Å². The van der Waals surface area contributed by atoms with E-state index in [1.165, 1.54) is 6.42 Å². The lowest BCUT2D eigenvalue weighted by molar-refractivity contribution is -0.146. The molecule has 3 atom stereocenters. The summed E-state index contributed by atoms with van der Waals surface area (Å²) in [5.74, 6) is -0.0539. The minimum atomic E-state index is -0.601. The second kappa shape index (κ2) is 7.13. The topological polar surface area (TPSA) is 40.5 Å². The van der Waals surface area contributed by atoms with Crippen LogP contribution in [-0.2, 0) is 4.79 Å². The van der Waals surface area contributed by atoms with Gasteiger partial charge in [-0.05, 0) is 52.0 Å². The van der Waals surface area contributed by atoms with Gasteiger partial charge in [0.15, 0.2) is 0 Å². The Morgan fingerprint density at radius 2 is 2.00 bits per heavy atom. The summed E-state index contributed by atoms with van der Waals surface area (Å²) < 4.78 is 0. The molecule has 0 amide bonds. The molecule has 1 N–H and O–H groups in total. The van der Waals surface area contributed by atoms with Crippen LogP contribution in [0, 0.1) is 11.8 Å². The van der Waals surface area contributed by atoms with Crippen molar-refractivity contribution >= 4 is 5.97 Å². The smallest absolute Gasteiger partial charge is 0.308 e. The van der Waals surface area contributed by atoms with E-state index in [9.17, 15) is 9.90 Å². The van der Waals surface area contributed by atoms with Crippen LogP contribution in [0.1, 0.15) is 59.8 Å². The summed E-state index contributed by atoms with van der Waals surface area (Å²) in [6, 6.07) is 0.675. The van der Waals surface area contributed by atoms with Gasteiger partial charge in [-0.1, -0.05) is 20.3 Å². The number of rotatable bonds is 6. The maximum absolute atomic E-state index is 11.5. The summed E-state index contributed by atoms with van der Waals surface area (Å²) in [4.78, 5) is 13.9. The molecular weight excluding hydrogens is 226 g/mol. The van der Waals surface area contributed by atoms with Crippen molar-refractivity contribution in [2.45, 2.75) is 71.9 Å². The molecule has 1 rings (SSSR count). The second-order valence-electron chi connectivity index (χ2n) is 5.93. The summed E-state index contributed by atoms with van der Waals surface area (Å²) in [5.41, 5.74) is 0. The molecule has 3 unspecified atom stereocenters. The molecule has 0 aromatic carbocycles. The fourth-order valence-electron chi connectivity index (χ4n) is 3.32. The highest BCUT2D eigenvalue weighted by atomic mass is 16.4. The van der Waals surface area contributed by atoms with E-state index >= 15 is 0 Å². The molecule has 0 aromatic rings. The fraction of sp³-hybridized carbons (Fsp3) is 0.933. The molecule has 1 aliphatic carbocycles. The van der Waals surface area contributed by atoms with Crippen molar-refractivity contribution in [2.24, 2.45) is 11.8 Å². The predicted molar refractivity (Wildman–Crippen MR) is 74.7 cm³/mol. The van der Waals surface area contributed by atoms with Crippen LogP contribution in [0.25, 0.3) is 0 Å². The van der Waals surface area contributed by atoms with Crippen molar-refractivity contribution in [3.8, 4) is 0 Å². The zero-order chi connectivity index (χ0) is 13.7. The Morgan fingerprint density at radius 3 is 2.44 bits per heavy atom. The van der Waals surface area contributed by atoms with Crippen LogP contribution in [-0.4, -0.2) is 34.6 Å². The third kappa shape index (κ3) is 3.71. The molecule has 1 fully saturated rings. The van der Waals surface area contributed by atoms with Crippen LogP contribution in [0.2, 0.25) is 0 Å². The summed E-state index contributed by atoms with van der Waals surface area (Å²) in [6.45, 7) is 9.78. The van der Waals surface area contributed by atoms with E-state index in [-0.39, 0.29) is 12.0 Å². The number of carbonyl (C=O) groups is 1. The van der Waals surface area contributed by atoms with Crippen LogP contribution in [0.4, 0.5) is 0 Å². The van der Waals surface area contributed by atoms with E-state index < -0.39 is 5.97 Å². The summed E-state index contributed by atoms with van der Waals surface area (Å²) in [7, 11) is 0. The molecule has 1 saturated carbocycles. The SMILES string of the molecule is CCCN(C(C)C)C1CC(CC)CCC1C(=O)O. The third-order valence-corrected chi connectivity index (χ3v) is 4.39. The first-order chi connectivity index (χ1) is 8.51. The first-order valence-electron chi connectivity index (χ1n) is 7.49. The van der Waals surface area contributed by atoms with E-state index in [0.29, 0.717) is 12.0 Å². The molecule has 3 nitrogen and oxygen atoms in total. The maximum atomic E-state index is 11.5. The average Bonchev–Trinajstić information content (AvgIpc) is 2.34. The average molecular weight is 255 g/mol. The highest BCUT2D eigenvalue weighted by molar-refractivity contribution is 5.71. The Kier molecular flexibility index (Phi) is 6.13. The summed E-state index contributed by atoms with van der Waals surface area (Å²) in [6.07, 6.45) is 5.28. The molecule has 0 bridgehead atoms. The van der Waals surface area contributed by atoms with Crippen LogP contribution in [0.5, 0.6) is 0 Å². The highest BCUT2D eigenvalue weighted by Crippen LogP contribution is 2.35. The molecule has 1 aliphatic rings. The fourth-order valence-corrected chi connectivity index (χ4v) is 3.32. The van der Waals surface area contributed by atoms with Gasteiger partial charge in [0.05, 0.1) is 5.92 Å². The first-order valence-corrected chi connectivity index (χ1v) is 7.49. The number of nitrogens with zero attached hydrogens (tertiary/aromatic N) is 1. The second-order valence-corrected chi connectivity index (χ2v) is 5.93. The van der Waals surface area contributed by atoms with Crippen molar-refractivity contribution in [3.05, 3.63) is 0 Å². The minimum Gasteiger partial charge on any atom is -0.481 e. The maximum Gasteiger partial charge on any atom is 0.308 e.